The van der Waals surface area contributed by atoms with Crippen molar-refractivity contribution < 1.29 is 0 Å². The molecule has 1 fully saturated rings. The molecule has 0 unspecified atom stereocenters. The van der Waals surface area contributed by atoms with Crippen molar-refractivity contribution in [3.05, 3.63) is 66.4 Å². The summed E-state index contributed by atoms with van der Waals surface area (Å²) in [5.74, 6) is 1.26. The molecule has 4 aromatic heterocycles. The molecule has 0 radical (unpaired) electrons. The van der Waals surface area contributed by atoms with Gasteiger partial charge < -0.3 is 15.5 Å². The summed E-state index contributed by atoms with van der Waals surface area (Å²) < 4.78 is 2.02. The van der Waals surface area contributed by atoms with Gasteiger partial charge in [-0.05, 0) is 67.7 Å². The van der Waals surface area contributed by atoms with E-state index in [1.807, 2.05) is 36.1 Å². The number of hydrogen-bond acceptors (Lipinski definition) is 7. The van der Waals surface area contributed by atoms with Crippen LogP contribution in [0, 0.1) is 6.92 Å². The number of nitrogens with zero attached hydrogens (tertiary/aromatic N) is 6. The minimum atomic E-state index is 0.530. The van der Waals surface area contributed by atoms with Crippen molar-refractivity contribution in [2.24, 2.45) is 0 Å². The molecule has 1 saturated heterocycles. The van der Waals surface area contributed by atoms with E-state index in [-0.39, 0.29) is 0 Å². The molecular formula is C26H28N8. The Labute approximate surface area is 198 Å². The predicted molar refractivity (Wildman–Crippen MR) is 135 cm³/mol. The zero-order valence-electron chi connectivity index (χ0n) is 19.3. The van der Waals surface area contributed by atoms with Gasteiger partial charge in [0, 0.05) is 43.6 Å². The molecule has 34 heavy (non-hydrogen) atoms. The number of allylic oxidation sites excluding steroid dienone is 2. The van der Waals surface area contributed by atoms with Crippen LogP contribution < -0.4 is 15.5 Å². The second-order valence-electron chi connectivity index (χ2n) is 8.90. The lowest BCUT2D eigenvalue weighted by atomic mass is 10.0. The topological polar surface area (TPSA) is 83.3 Å². The van der Waals surface area contributed by atoms with E-state index >= 15 is 0 Å². The lowest BCUT2D eigenvalue weighted by molar-refractivity contribution is 0.589. The maximum atomic E-state index is 4.88. The molecule has 1 aliphatic carbocycles. The summed E-state index contributed by atoms with van der Waals surface area (Å²) in [5, 5.41) is 11.5. The van der Waals surface area contributed by atoms with Crippen LogP contribution in [0.15, 0.2) is 55.0 Å². The van der Waals surface area contributed by atoms with Crippen molar-refractivity contribution in [3.8, 4) is 11.1 Å². The number of anilines is 3. The van der Waals surface area contributed by atoms with Gasteiger partial charge in [0.1, 0.15) is 5.82 Å². The van der Waals surface area contributed by atoms with Gasteiger partial charge in [-0.15, -0.1) is 5.10 Å². The van der Waals surface area contributed by atoms with E-state index in [0.717, 1.165) is 73.0 Å². The van der Waals surface area contributed by atoms with Gasteiger partial charge in [0.2, 0.25) is 5.95 Å². The Balaban J connectivity index is 1.34. The first-order valence-corrected chi connectivity index (χ1v) is 11.9. The molecule has 0 aromatic carbocycles. The van der Waals surface area contributed by atoms with Crippen molar-refractivity contribution in [1.82, 2.24) is 29.9 Å². The number of hydrogen-bond donors (Lipinski definition) is 2. The van der Waals surface area contributed by atoms with E-state index in [4.69, 9.17) is 5.10 Å². The number of rotatable bonds is 5. The van der Waals surface area contributed by atoms with Crippen LogP contribution in [-0.2, 0) is 0 Å². The molecule has 0 saturated carbocycles. The summed E-state index contributed by atoms with van der Waals surface area (Å²) in [6.45, 7) is 6.03. The Morgan fingerprint density at radius 3 is 2.68 bits per heavy atom. The molecule has 4 aromatic rings. The molecule has 5 heterocycles. The van der Waals surface area contributed by atoms with Crippen LogP contribution in [0.3, 0.4) is 0 Å². The highest BCUT2D eigenvalue weighted by atomic mass is 15.3. The van der Waals surface area contributed by atoms with E-state index in [1.54, 1.807) is 0 Å². The monoisotopic (exact) mass is 452 g/mol. The Morgan fingerprint density at radius 1 is 1.00 bits per heavy atom. The number of pyridine rings is 2. The van der Waals surface area contributed by atoms with Crippen molar-refractivity contribution in [1.29, 1.82) is 0 Å². The first-order valence-electron chi connectivity index (χ1n) is 11.9. The van der Waals surface area contributed by atoms with Crippen molar-refractivity contribution in [3.63, 3.8) is 0 Å². The zero-order valence-corrected chi connectivity index (χ0v) is 19.3. The smallest absolute Gasteiger partial charge is 0.246 e. The average molecular weight is 453 g/mol. The molecule has 2 N–H and O–H groups in total. The Hall–Kier alpha value is -3.78. The summed E-state index contributed by atoms with van der Waals surface area (Å²) in [6.07, 6.45) is 11.3. The molecule has 0 bridgehead atoms. The van der Waals surface area contributed by atoms with Gasteiger partial charge in [-0.3, -0.25) is 4.98 Å². The molecule has 0 atom stereocenters. The van der Waals surface area contributed by atoms with Gasteiger partial charge >= 0.3 is 0 Å². The summed E-state index contributed by atoms with van der Waals surface area (Å²) >= 11 is 0. The summed E-state index contributed by atoms with van der Waals surface area (Å²) in [5.41, 5.74) is 7.92. The van der Waals surface area contributed by atoms with E-state index in [2.05, 4.69) is 60.8 Å². The molecule has 8 nitrogen and oxygen atoms in total. The standard InChI is InChI=1S/C26H28N8/c1-18-14-20(8-9-28-18)23-15-22-17-30-26(32-34(22)25(23)19-4-2-3-5-19)31-24-7-6-21(16-29-24)33-12-10-27-11-13-33/h4,6-9,14-17,27H,2-3,5,10-13H2,1H3,(H,29,31,32). The van der Waals surface area contributed by atoms with Crippen LogP contribution in [0.5, 0.6) is 0 Å². The summed E-state index contributed by atoms with van der Waals surface area (Å²) in [7, 11) is 0. The predicted octanol–water partition coefficient (Wildman–Crippen LogP) is 4.22. The van der Waals surface area contributed by atoms with Gasteiger partial charge in [0.15, 0.2) is 0 Å². The van der Waals surface area contributed by atoms with E-state index in [0.29, 0.717) is 5.95 Å². The summed E-state index contributed by atoms with van der Waals surface area (Å²) in [6, 6.07) is 10.5. The second kappa shape index (κ2) is 8.87. The van der Waals surface area contributed by atoms with Crippen LogP contribution in [0.25, 0.3) is 22.2 Å². The molecule has 6 rings (SSSR count). The quantitative estimate of drug-likeness (QED) is 0.469. The molecule has 0 amide bonds. The number of fused-ring (bicyclic) bond motifs is 1. The first-order chi connectivity index (χ1) is 16.7. The molecule has 172 valence electrons. The van der Waals surface area contributed by atoms with Gasteiger partial charge in [0.05, 0.1) is 29.3 Å². The maximum Gasteiger partial charge on any atom is 0.246 e. The lowest BCUT2D eigenvalue weighted by Gasteiger charge is -2.29. The van der Waals surface area contributed by atoms with E-state index < -0.39 is 0 Å². The fourth-order valence-electron chi connectivity index (χ4n) is 4.84. The average Bonchev–Trinajstić information content (AvgIpc) is 3.53. The van der Waals surface area contributed by atoms with Crippen LogP contribution >= 0.6 is 0 Å². The highest BCUT2D eigenvalue weighted by Crippen LogP contribution is 2.37. The normalized spacial score (nSPS) is 16.1. The molecule has 2 aliphatic rings. The van der Waals surface area contributed by atoms with Gasteiger partial charge in [-0.1, -0.05) is 6.08 Å². The number of aromatic nitrogens is 5. The minimum absolute atomic E-state index is 0.530. The van der Waals surface area contributed by atoms with Crippen molar-refractivity contribution in [2.75, 3.05) is 36.4 Å². The lowest BCUT2D eigenvalue weighted by Crippen LogP contribution is -2.43. The number of nitrogens with one attached hydrogen (secondary N) is 2. The highest BCUT2D eigenvalue weighted by Gasteiger charge is 2.20. The first kappa shape index (κ1) is 20.8. The van der Waals surface area contributed by atoms with E-state index in [1.165, 1.54) is 17.6 Å². The van der Waals surface area contributed by atoms with Crippen LogP contribution in [0.1, 0.15) is 30.7 Å². The van der Waals surface area contributed by atoms with Crippen LogP contribution in [-0.4, -0.2) is 50.7 Å². The fourth-order valence-corrected chi connectivity index (χ4v) is 4.84. The zero-order chi connectivity index (χ0) is 22.9. The SMILES string of the molecule is Cc1cc(-c2cc3cnc(Nc4ccc(N5CCNCC5)cn4)nn3c2C2=CCCC2)ccn1. The maximum absolute atomic E-state index is 4.88. The molecule has 8 heteroatoms. The number of aryl methyl sites for hydroxylation is 1. The Morgan fingerprint density at radius 2 is 1.91 bits per heavy atom. The van der Waals surface area contributed by atoms with Gasteiger partial charge in [-0.25, -0.2) is 14.5 Å². The van der Waals surface area contributed by atoms with E-state index in [9.17, 15) is 0 Å². The molecular weight excluding hydrogens is 424 g/mol. The number of piperazine rings is 1. The van der Waals surface area contributed by atoms with Gasteiger partial charge in [-0.2, -0.15) is 0 Å². The molecule has 1 aliphatic heterocycles. The molecule has 0 spiro atoms. The Kier molecular flexibility index (Phi) is 5.43. The van der Waals surface area contributed by atoms with Crippen molar-refractivity contribution in [2.45, 2.75) is 26.2 Å². The van der Waals surface area contributed by atoms with Crippen molar-refractivity contribution >= 4 is 28.5 Å². The third kappa shape index (κ3) is 4.01. The van der Waals surface area contributed by atoms with Gasteiger partial charge in [0.25, 0.3) is 0 Å². The largest absolute Gasteiger partial charge is 0.368 e. The third-order valence-corrected chi connectivity index (χ3v) is 6.54. The summed E-state index contributed by atoms with van der Waals surface area (Å²) in [4.78, 5) is 15.9. The minimum Gasteiger partial charge on any atom is -0.368 e. The fraction of sp³-hybridized carbons (Fsp3) is 0.308. The highest BCUT2D eigenvalue weighted by molar-refractivity contribution is 5.85. The third-order valence-electron chi connectivity index (χ3n) is 6.54. The Bertz CT molecular complexity index is 1350. The van der Waals surface area contributed by atoms with Crippen LogP contribution in [0.4, 0.5) is 17.5 Å². The van der Waals surface area contributed by atoms with Crippen LogP contribution in [0.2, 0.25) is 0 Å². The second-order valence-corrected chi connectivity index (χ2v) is 8.90.